The van der Waals surface area contributed by atoms with Gasteiger partial charge >= 0.3 is 6.09 Å². The number of aryl methyl sites for hydroxylation is 1. The molecule has 1 aromatic carbocycles. The summed E-state index contributed by atoms with van der Waals surface area (Å²) in [5.74, 6) is 0.201. The Balaban J connectivity index is 1.73. The summed E-state index contributed by atoms with van der Waals surface area (Å²) in [6.45, 7) is 8.55. The van der Waals surface area contributed by atoms with E-state index < -0.39 is 5.60 Å². The SMILES string of the molecule is Cc1ccc(OC2CN(C(=O)OC(C)(C)C)C3CCNC23)cc1F. The Kier molecular flexibility index (Phi) is 4.42. The van der Waals surface area contributed by atoms with Gasteiger partial charge in [-0.1, -0.05) is 6.07 Å². The maximum atomic E-state index is 13.7. The lowest BCUT2D eigenvalue weighted by atomic mass is 10.1. The Hall–Kier alpha value is -1.82. The van der Waals surface area contributed by atoms with Crippen molar-refractivity contribution in [3.63, 3.8) is 0 Å². The first kappa shape index (κ1) is 17.0. The van der Waals surface area contributed by atoms with E-state index in [2.05, 4.69) is 5.32 Å². The van der Waals surface area contributed by atoms with Gasteiger partial charge in [0.25, 0.3) is 0 Å². The quantitative estimate of drug-likeness (QED) is 0.902. The third-order valence-corrected chi connectivity index (χ3v) is 4.47. The summed E-state index contributed by atoms with van der Waals surface area (Å²) in [5.41, 5.74) is 0.0542. The summed E-state index contributed by atoms with van der Waals surface area (Å²) in [5, 5.41) is 3.39. The summed E-state index contributed by atoms with van der Waals surface area (Å²) in [6.07, 6.45) is 0.334. The van der Waals surface area contributed by atoms with Crippen LogP contribution in [0.25, 0.3) is 0 Å². The molecule has 3 unspecified atom stereocenters. The fourth-order valence-corrected chi connectivity index (χ4v) is 3.35. The van der Waals surface area contributed by atoms with Gasteiger partial charge in [-0.15, -0.1) is 0 Å². The van der Waals surface area contributed by atoms with Crippen LogP contribution < -0.4 is 10.1 Å². The summed E-state index contributed by atoms with van der Waals surface area (Å²) in [7, 11) is 0. The van der Waals surface area contributed by atoms with Crippen LogP contribution in [0.5, 0.6) is 5.75 Å². The van der Waals surface area contributed by atoms with E-state index in [1.165, 1.54) is 6.07 Å². The number of hydrogen-bond donors (Lipinski definition) is 1. The van der Waals surface area contributed by atoms with Gasteiger partial charge in [0.05, 0.1) is 18.6 Å². The Morgan fingerprint density at radius 2 is 2.12 bits per heavy atom. The second-order valence-electron chi connectivity index (χ2n) is 7.54. The fraction of sp³-hybridized carbons (Fsp3) is 0.611. The maximum absolute atomic E-state index is 13.7. The number of likely N-dealkylation sites (tertiary alicyclic amines) is 1. The molecule has 6 heteroatoms. The van der Waals surface area contributed by atoms with E-state index in [-0.39, 0.29) is 30.1 Å². The van der Waals surface area contributed by atoms with E-state index in [4.69, 9.17) is 9.47 Å². The molecule has 0 bridgehead atoms. The fourth-order valence-electron chi connectivity index (χ4n) is 3.35. The van der Waals surface area contributed by atoms with Gasteiger partial charge in [0.2, 0.25) is 0 Å². The molecule has 1 N–H and O–H groups in total. The number of nitrogens with zero attached hydrogens (tertiary/aromatic N) is 1. The summed E-state index contributed by atoms with van der Waals surface area (Å²) < 4.78 is 25.2. The number of ether oxygens (including phenoxy) is 2. The van der Waals surface area contributed by atoms with Crippen LogP contribution in [0.15, 0.2) is 18.2 Å². The first-order chi connectivity index (χ1) is 11.2. The molecule has 2 heterocycles. The highest BCUT2D eigenvalue weighted by Gasteiger charge is 2.48. The number of benzene rings is 1. The molecule has 0 aromatic heterocycles. The van der Waals surface area contributed by atoms with Gasteiger partial charge in [-0.3, -0.25) is 4.90 Å². The van der Waals surface area contributed by atoms with Crippen LogP contribution in [0, 0.1) is 12.7 Å². The number of nitrogens with one attached hydrogen (secondary N) is 1. The van der Waals surface area contributed by atoms with Gasteiger partial charge in [0.15, 0.2) is 0 Å². The van der Waals surface area contributed by atoms with Crippen LogP contribution in [0.2, 0.25) is 0 Å². The highest BCUT2D eigenvalue weighted by Crippen LogP contribution is 2.30. The summed E-state index contributed by atoms with van der Waals surface area (Å²) >= 11 is 0. The Morgan fingerprint density at radius 1 is 1.38 bits per heavy atom. The number of halogens is 1. The van der Waals surface area contributed by atoms with Crippen molar-refractivity contribution in [1.82, 2.24) is 10.2 Å². The summed E-state index contributed by atoms with van der Waals surface area (Å²) in [6, 6.07) is 4.96. The molecule has 0 saturated carbocycles. The number of carbonyl (C=O) groups is 1. The average Bonchev–Trinajstić information content (AvgIpc) is 3.04. The minimum atomic E-state index is -0.530. The van der Waals surface area contributed by atoms with Crippen molar-refractivity contribution in [1.29, 1.82) is 0 Å². The van der Waals surface area contributed by atoms with Crippen molar-refractivity contribution < 1.29 is 18.7 Å². The number of rotatable bonds is 2. The number of fused-ring (bicyclic) bond motifs is 1. The molecule has 2 aliphatic heterocycles. The average molecular weight is 336 g/mol. The molecular formula is C18H25FN2O3. The van der Waals surface area contributed by atoms with Gasteiger partial charge in [-0.2, -0.15) is 0 Å². The zero-order chi connectivity index (χ0) is 17.5. The van der Waals surface area contributed by atoms with E-state index >= 15 is 0 Å². The van der Waals surface area contributed by atoms with Crippen LogP contribution in [0.1, 0.15) is 32.8 Å². The molecule has 0 spiro atoms. The molecule has 2 aliphatic rings. The van der Waals surface area contributed by atoms with Crippen molar-refractivity contribution >= 4 is 6.09 Å². The standard InChI is InChI=1S/C18H25FN2O3/c1-11-5-6-12(9-13(11)19)23-15-10-21(14-7-8-20-16(14)15)17(22)24-18(2,3)4/h5-6,9,14-16,20H,7-8,10H2,1-4H3. The molecule has 132 valence electrons. The molecule has 3 rings (SSSR count). The van der Waals surface area contributed by atoms with Gasteiger partial charge in [-0.05, 0) is 52.3 Å². The molecule has 2 fully saturated rings. The van der Waals surface area contributed by atoms with Gasteiger partial charge in [0, 0.05) is 6.07 Å². The third kappa shape index (κ3) is 3.48. The second-order valence-corrected chi connectivity index (χ2v) is 7.54. The topological polar surface area (TPSA) is 50.8 Å². The highest BCUT2D eigenvalue weighted by atomic mass is 19.1. The van der Waals surface area contributed by atoms with Crippen LogP contribution in [0.4, 0.5) is 9.18 Å². The molecule has 2 saturated heterocycles. The van der Waals surface area contributed by atoms with Gasteiger partial charge in [0.1, 0.15) is 23.3 Å². The van der Waals surface area contributed by atoms with Crippen LogP contribution >= 0.6 is 0 Å². The first-order valence-corrected chi connectivity index (χ1v) is 8.40. The van der Waals surface area contributed by atoms with Crippen molar-refractivity contribution in [2.45, 2.75) is 57.9 Å². The Bertz CT molecular complexity index is 629. The first-order valence-electron chi connectivity index (χ1n) is 8.40. The maximum Gasteiger partial charge on any atom is 0.410 e. The van der Waals surface area contributed by atoms with Crippen molar-refractivity contribution in [3.05, 3.63) is 29.6 Å². The second kappa shape index (κ2) is 6.24. The van der Waals surface area contributed by atoms with Crippen molar-refractivity contribution in [2.75, 3.05) is 13.1 Å². The third-order valence-electron chi connectivity index (χ3n) is 4.47. The van der Waals surface area contributed by atoms with E-state index in [0.717, 1.165) is 13.0 Å². The zero-order valence-corrected chi connectivity index (χ0v) is 14.6. The predicted octanol–water partition coefficient (Wildman–Crippen LogP) is 2.86. The predicted molar refractivity (Wildman–Crippen MR) is 88.7 cm³/mol. The van der Waals surface area contributed by atoms with E-state index in [0.29, 0.717) is 17.9 Å². The molecule has 1 aromatic rings. The van der Waals surface area contributed by atoms with E-state index in [9.17, 15) is 9.18 Å². The Labute approximate surface area is 142 Å². The molecule has 0 radical (unpaired) electrons. The van der Waals surface area contributed by atoms with E-state index in [1.54, 1.807) is 24.0 Å². The summed E-state index contributed by atoms with van der Waals surface area (Å²) in [4.78, 5) is 14.2. The van der Waals surface area contributed by atoms with Crippen LogP contribution in [0.3, 0.4) is 0 Å². The van der Waals surface area contributed by atoms with Gasteiger partial charge < -0.3 is 14.8 Å². The largest absolute Gasteiger partial charge is 0.487 e. The highest BCUT2D eigenvalue weighted by molar-refractivity contribution is 5.69. The zero-order valence-electron chi connectivity index (χ0n) is 14.6. The minimum absolute atomic E-state index is 0.0434. The number of carbonyl (C=O) groups excluding carboxylic acids is 1. The molecular weight excluding hydrogens is 311 g/mol. The Morgan fingerprint density at radius 3 is 2.79 bits per heavy atom. The van der Waals surface area contributed by atoms with Crippen molar-refractivity contribution in [2.24, 2.45) is 0 Å². The lowest BCUT2D eigenvalue weighted by Crippen LogP contribution is -2.42. The molecule has 1 amide bonds. The normalized spacial score (nSPS) is 26.4. The number of amides is 1. The molecule has 5 nitrogen and oxygen atoms in total. The smallest absolute Gasteiger partial charge is 0.410 e. The van der Waals surface area contributed by atoms with Gasteiger partial charge in [-0.25, -0.2) is 9.18 Å². The van der Waals surface area contributed by atoms with Crippen LogP contribution in [-0.4, -0.2) is 47.9 Å². The minimum Gasteiger partial charge on any atom is -0.487 e. The van der Waals surface area contributed by atoms with Crippen molar-refractivity contribution in [3.8, 4) is 5.75 Å². The molecule has 3 atom stereocenters. The number of hydrogen-bond acceptors (Lipinski definition) is 4. The lowest BCUT2D eigenvalue weighted by molar-refractivity contribution is 0.0213. The molecule has 24 heavy (non-hydrogen) atoms. The molecule has 0 aliphatic carbocycles. The van der Waals surface area contributed by atoms with E-state index in [1.807, 2.05) is 20.8 Å². The van der Waals surface area contributed by atoms with Crippen LogP contribution in [-0.2, 0) is 4.74 Å². The lowest BCUT2D eigenvalue weighted by Gasteiger charge is -2.27. The monoisotopic (exact) mass is 336 g/mol.